The van der Waals surface area contributed by atoms with Gasteiger partial charge in [0, 0.05) is 6.04 Å². The highest BCUT2D eigenvalue weighted by Crippen LogP contribution is 2.03. The average Bonchev–Trinajstić information content (AvgIpc) is 2.23. The molecule has 0 saturated heterocycles. The summed E-state index contributed by atoms with van der Waals surface area (Å²) in [7, 11) is 0. The van der Waals surface area contributed by atoms with E-state index in [1.54, 1.807) is 0 Å². The fourth-order valence-electron chi connectivity index (χ4n) is 1.34. The third-order valence-electron chi connectivity index (χ3n) is 3.06. The molecule has 4 nitrogen and oxygen atoms in total. The minimum absolute atomic E-state index is 0.843. The minimum atomic E-state index is -1.21. The van der Waals surface area contributed by atoms with Gasteiger partial charge >= 0.3 is 0 Å². The van der Waals surface area contributed by atoms with Crippen molar-refractivity contribution in [2.75, 3.05) is 26.2 Å². The van der Waals surface area contributed by atoms with Crippen molar-refractivity contribution in [2.24, 2.45) is 5.73 Å². The maximum Gasteiger partial charge on any atom is 0.0757 e. The van der Waals surface area contributed by atoms with Crippen LogP contribution in [0.3, 0.4) is 0 Å². The van der Waals surface area contributed by atoms with Crippen molar-refractivity contribution < 1.29 is 14.4 Å². The van der Waals surface area contributed by atoms with Crippen molar-refractivity contribution in [3.05, 3.63) is 0 Å². The van der Waals surface area contributed by atoms with Gasteiger partial charge in [0.05, 0.1) is 32.1 Å². The number of rotatable bonds is 5. The van der Waals surface area contributed by atoms with Crippen molar-refractivity contribution in [2.45, 2.75) is 40.7 Å². The normalized spacial score (nSPS) is 12.7. The lowest BCUT2D eigenvalue weighted by atomic mass is 10.3. The minimum Gasteiger partial charge on any atom is -0.548 e. The summed E-state index contributed by atoms with van der Waals surface area (Å²) in [5, 5.41) is 9.46. The molecule has 0 saturated carbocycles. The van der Waals surface area contributed by atoms with Gasteiger partial charge in [0.15, 0.2) is 0 Å². The summed E-state index contributed by atoms with van der Waals surface area (Å²) in [6.45, 7) is 15.6. The molecular weight excluding hydrogens is 192 g/mol. The van der Waals surface area contributed by atoms with Gasteiger partial charge in [0.1, 0.15) is 0 Å². The van der Waals surface area contributed by atoms with E-state index in [2.05, 4.69) is 27.7 Å². The van der Waals surface area contributed by atoms with Crippen LogP contribution in [0.4, 0.5) is 0 Å². The molecule has 1 atom stereocenters. The zero-order valence-electron chi connectivity index (χ0n) is 10.7. The molecule has 0 aromatic carbocycles. The Morgan fingerprint density at radius 3 is 1.33 bits per heavy atom. The Balaban J connectivity index is 0. The molecule has 0 aliphatic carbocycles. The van der Waals surface area contributed by atoms with Gasteiger partial charge in [0.2, 0.25) is 0 Å². The van der Waals surface area contributed by atoms with Gasteiger partial charge in [-0.15, -0.1) is 0 Å². The highest BCUT2D eigenvalue weighted by Gasteiger charge is 2.16. The SMILES string of the molecule is CC[N+](CC)(CC)CC.C[C@H](N)C(=O)[O-]. The largest absolute Gasteiger partial charge is 0.548 e. The molecule has 2 N–H and O–H groups in total. The monoisotopic (exact) mass is 218 g/mol. The Morgan fingerprint density at radius 1 is 1.13 bits per heavy atom. The van der Waals surface area contributed by atoms with Crippen molar-refractivity contribution in [1.29, 1.82) is 0 Å². The van der Waals surface area contributed by atoms with Crippen molar-refractivity contribution >= 4 is 5.97 Å². The zero-order chi connectivity index (χ0) is 12.5. The average molecular weight is 218 g/mol. The van der Waals surface area contributed by atoms with E-state index in [0.29, 0.717) is 0 Å². The van der Waals surface area contributed by atoms with Gasteiger partial charge in [-0.3, -0.25) is 0 Å². The zero-order valence-corrected chi connectivity index (χ0v) is 10.7. The molecule has 0 heterocycles. The summed E-state index contributed by atoms with van der Waals surface area (Å²) in [5.41, 5.74) is 4.77. The Morgan fingerprint density at radius 2 is 1.33 bits per heavy atom. The molecular formula is C11H26N2O2. The molecule has 0 amide bonds. The molecule has 92 valence electrons. The number of aliphatic carboxylic acids is 1. The number of nitrogens with zero attached hydrogens (tertiary/aromatic N) is 1. The molecule has 0 aromatic rings. The summed E-state index contributed by atoms with van der Waals surface area (Å²) in [6, 6.07) is -0.843. The summed E-state index contributed by atoms with van der Waals surface area (Å²) in [6.07, 6.45) is 0. The molecule has 0 aliphatic rings. The number of quaternary nitrogens is 1. The quantitative estimate of drug-likeness (QED) is 0.659. The van der Waals surface area contributed by atoms with E-state index in [0.717, 1.165) is 0 Å². The predicted molar refractivity (Wildman–Crippen MR) is 61.1 cm³/mol. The van der Waals surface area contributed by atoms with Crippen LogP contribution in [0.1, 0.15) is 34.6 Å². The first-order valence-electron chi connectivity index (χ1n) is 5.70. The molecule has 0 unspecified atom stereocenters. The van der Waals surface area contributed by atoms with Crippen LogP contribution in [0, 0.1) is 0 Å². The highest BCUT2D eigenvalue weighted by atomic mass is 16.4. The lowest BCUT2D eigenvalue weighted by Gasteiger charge is -2.34. The topological polar surface area (TPSA) is 66.2 Å². The molecule has 0 bridgehead atoms. The highest BCUT2D eigenvalue weighted by molar-refractivity contribution is 5.70. The van der Waals surface area contributed by atoms with Crippen molar-refractivity contribution in [3.63, 3.8) is 0 Å². The maximum absolute atomic E-state index is 9.46. The second-order valence-corrected chi connectivity index (χ2v) is 3.71. The van der Waals surface area contributed by atoms with Crippen LogP contribution in [0.5, 0.6) is 0 Å². The van der Waals surface area contributed by atoms with Gasteiger partial charge in [-0.2, -0.15) is 0 Å². The number of hydrogen-bond donors (Lipinski definition) is 1. The number of hydrogen-bond acceptors (Lipinski definition) is 3. The molecule has 4 heteroatoms. The van der Waals surface area contributed by atoms with Gasteiger partial charge in [-0.1, -0.05) is 0 Å². The van der Waals surface area contributed by atoms with Crippen molar-refractivity contribution in [3.8, 4) is 0 Å². The number of carboxylic acid groups (broad SMARTS) is 1. The first kappa shape index (κ1) is 16.8. The van der Waals surface area contributed by atoms with Crippen LogP contribution in [-0.2, 0) is 4.79 Å². The van der Waals surface area contributed by atoms with Crippen LogP contribution < -0.4 is 10.8 Å². The van der Waals surface area contributed by atoms with E-state index in [4.69, 9.17) is 5.73 Å². The van der Waals surface area contributed by atoms with Gasteiger partial charge < -0.3 is 20.1 Å². The third-order valence-corrected chi connectivity index (χ3v) is 3.06. The van der Waals surface area contributed by atoms with Crippen molar-refractivity contribution in [1.82, 2.24) is 0 Å². The molecule has 0 rings (SSSR count). The van der Waals surface area contributed by atoms with E-state index < -0.39 is 12.0 Å². The predicted octanol–water partition coefficient (Wildman–Crippen LogP) is -0.0337. The number of nitrogens with two attached hydrogens (primary N) is 1. The fourth-order valence-corrected chi connectivity index (χ4v) is 1.34. The van der Waals surface area contributed by atoms with Gasteiger partial charge in [0.25, 0.3) is 0 Å². The Bertz CT molecular complexity index is 148. The Hall–Kier alpha value is -0.610. The van der Waals surface area contributed by atoms with Gasteiger partial charge in [-0.25, -0.2) is 0 Å². The molecule has 0 spiro atoms. The first-order chi connectivity index (χ1) is 6.89. The second kappa shape index (κ2) is 8.68. The van der Waals surface area contributed by atoms with E-state index in [9.17, 15) is 9.90 Å². The smallest absolute Gasteiger partial charge is 0.0757 e. The molecule has 0 aromatic heterocycles. The van der Waals surface area contributed by atoms with Crippen LogP contribution in [0.15, 0.2) is 0 Å². The van der Waals surface area contributed by atoms with E-state index in [-0.39, 0.29) is 0 Å². The Kier molecular flexibility index (Phi) is 9.72. The fraction of sp³-hybridized carbons (Fsp3) is 0.909. The summed E-state index contributed by atoms with van der Waals surface area (Å²) >= 11 is 0. The van der Waals surface area contributed by atoms with Crippen LogP contribution in [0.2, 0.25) is 0 Å². The first-order valence-corrected chi connectivity index (χ1v) is 5.70. The lowest BCUT2D eigenvalue weighted by Crippen LogP contribution is -2.47. The van der Waals surface area contributed by atoms with Gasteiger partial charge in [-0.05, 0) is 34.6 Å². The van der Waals surface area contributed by atoms with E-state index in [1.165, 1.54) is 37.6 Å². The number of carbonyl (C=O) groups excluding carboxylic acids is 1. The Labute approximate surface area is 93.7 Å². The molecule has 15 heavy (non-hydrogen) atoms. The molecule has 0 radical (unpaired) electrons. The van der Waals surface area contributed by atoms with Crippen LogP contribution in [0.25, 0.3) is 0 Å². The molecule has 0 fully saturated rings. The summed E-state index contributed by atoms with van der Waals surface area (Å²) in [5.74, 6) is -1.21. The number of carbonyl (C=O) groups is 1. The maximum atomic E-state index is 9.46. The standard InChI is InChI=1S/C8H20N.C3H7NO2/c1-5-9(6-2,7-3)8-4;1-2(4)3(5)6/h5-8H2,1-4H3;2H,4H2,1H3,(H,5,6)/q+1;/p-1/t;2-/m.0/s1. The molecule has 0 aliphatic heterocycles. The number of carboxylic acids is 1. The second-order valence-electron chi connectivity index (χ2n) is 3.71. The third kappa shape index (κ3) is 7.33. The lowest BCUT2D eigenvalue weighted by molar-refractivity contribution is -0.921. The van der Waals surface area contributed by atoms with E-state index in [1.807, 2.05) is 0 Å². The summed E-state index contributed by atoms with van der Waals surface area (Å²) in [4.78, 5) is 9.46. The van der Waals surface area contributed by atoms with E-state index >= 15 is 0 Å². The van der Waals surface area contributed by atoms with Crippen LogP contribution in [-0.4, -0.2) is 42.7 Å². The van der Waals surface area contributed by atoms with Crippen LogP contribution >= 0.6 is 0 Å². The summed E-state index contributed by atoms with van der Waals surface area (Å²) < 4.78 is 1.28.